The molecule has 0 unspecified atom stereocenters. The van der Waals surface area contributed by atoms with Gasteiger partial charge in [-0.1, -0.05) is 17.7 Å². The molecule has 118 valence electrons. The smallest absolute Gasteiger partial charge is 0.301 e. The Hall–Kier alpha value is -1.76. The first-order valence-corrected chi connectivity index (χ1v) is 8.43. The van der Waals surface area contributed by atoms with E-state index in [2.05, 4.69) is 10.0 Å². The molecule has 22 heavy (non-hydrogen) atoms. The molecule has 0 bridgehead atoms. The van der Waals surface area contributed by atoms with E-state index in [1.54, 1.807) is 24.3 Å². The molecule has 0 amide bonds. The molecule has 0 saturated carbocycles. The summed E-state index contributed by atoms with van der Waals surface area (Å²) in [4.78, 5) is 0. The van der Waals surface area contributed by atoms with Gasteiger partial charge in [0.1, 0.15) is 0 Å². The largest absolute Gasteiger partial charge is 0.355 e. The van der Waals surface area contributed by atoms with Gasteiger partial charge in [0.15, 0.2) is 0 Å². The van der Waals surface area contributed by atoms with Gasteiger partial charge in [-0.3, -0.25) is 4.72 Å². The molecule has 0 saturated heterocycles. The number of hydrogen-bond acceptors (Lipinski definition) is 3. The minimum absolute atomic E-state index is 0.502. The van der Waals surface area contributed by atoms with Crippen molar-refractivity contribution in [3.63, 3.8) is 0 Å². The zero-order valence-corrected chi connectivity index (χ0v) is 14.2. The number of anilines is 3. The van der Waals surface area contributed by atoms with Gasteiger partial charge >= 0.3 is 10.2 Å². The van der Waals surface area contributed by atoms with Crippen molar-refractivity contribution in [2.75, 3.05) is 24.1 Å². The molecule has 2 aromatic rings. The van der Waals surface area contributed by atoms with E-state index in [1.807, 2.05) is 25.1 Å². The zero-order chi connectivity index (χ0) is 16.3. The summed E-state index contributed by atoms with van der Waals surface area (Å²) >= 11 is 5.99. The van der Waals surface area contributed by atoms with Crippen LogP contribution in [0.1, 0.15) is 5.56 Å². The molecule has 0 heterocycles. The van der Waals surface area contributed by atoms with Gasteiger partial charge in [-0.05, 0) is 48.9 Å². The van der Waals surface area contributed by atoms with Gasteiger partial charge in [-0.2, -0.15) is 12.7 Å². The summed E-state index contributed by atoms with van der Waals surface area (Å²) in [5.74, 6) is 0. The zero-order valence-electron chi connectivity index (χ0n) is 12.6. The monoisotopic (exact) mass is 339 g/mol. The van der Waals surface area contributed by atoms with E-state index >= 15 is 0 Å². The Morgan fingerprint density at radius 2 is 1.59 bits per heavy atom. The van der Waals surface area contributed by atoms with Crippen LogP contribution in [-0.2, 0) is 10.2 Å². The van der Waals surface area contributed by atoms with E-state index in [9.17, 15) is 8.42 Å². The highest BCUT2D eigenvalue weighted by molar-refractivity contribution is 7.90. The molecular formula is C15H18ClN3O2S. The fraction of sp³-hybridized carbons (Fsp3) is 0.200. The van der Waals surface area contributed by atoms with Crippen LogP contribution in [0.5, 0.6) is 0 Å². The van der Waals surface area contributed by atoms with Gasteiger partial charge in [-0.25, -0.2) is 0 Å². The second-order valence-corrected chi connectivity index (χ2v) is 7.37. The van der Waals surface area contributed by atoms with E-state index in [1.165, 1.54) is 14.1 Å². The standard InChI is InChI=1S/C15H18ClN3O2S/c1-11-4-5-12(16)10-15(11)17-13-6-8-14(9-7-13)18-22(20,21)19(2)3/h4-10,17-18H,1-3H3. The molecule has 0 atom stereocenters. The van der Waals surface area contributed by atoms with E-state index in [4.69, 9.17) is 11.6 Å². The lowest BCUT2D eigenvalue weighted by Crippen LogP contribution is -2.28. The SMILES string of the molecule is Cc1ccc(Cl)cc1Nc1ccc(NS(=O)(=O)N(C)C)cc1. The number of benzene rings is 2. The number of halogens is 1. The summed E-state index contributed by atoms with van der Waals surface area (Å²) < 4.78 is 27.1. The van der Waals surface area contributed by atoms with Gasteiger partial charge in [0, 0.05) is 36.2 Å². The third-order valence-corrected chi connectivity index (χ3v) is 4.78. The van der Waals surface area contributed by atoms with E-state index in [0.717, 1.165) is 21.2 Å². The van der Waals surface area contributed by atoms with E-state index in [-0.39, 0.29) is 0 Å². The van der Waals surface area contributed by atoms with E-state index in [0.29, 0.717) is 10.7 Å². The Morgan fingerprint density at radius 3 is 2.18 bits per heavy atom. The van der Waals surface area contributed by atoms with Crippen LogP contribution in [0.25, 0.3) is 0 Å². The summed E-state index contributed by atoms with van der Waals surface area (Å²) in [6.07, 6.45) is 0. The number of hydrogen-bond donors (Lipinski definition) is 2. The highest BCUT2D eigenvalue weighted by atomic mass is 35.5. The highest BCUT2D eigenvalue weighted by Crippen LogP contribution is 2.25. The molecule has 0 radical (unpaired) electrons. The van der Waals surface area contributed by atoms with Crippen molar-refractivity contribution in [3.05, 3.63) is 53.1 Å². The molecule has 7 heteroatoms. The van der Waals surface area contributed by atoms with Crippen molar-refractivity contribution < 1.29 is 8.42 Å². The molecule has 0 aliphatic rings. The first kappa shape index (κ1) is 16.6. The highest BCUT2D eigenvalue weighted by Gasteiger charge is 2.12. The number of nitrogens with zero attached hydrogens (tertiary/aromatic N) is 1. The number of nitrogens with one attached hydrogen (secondary N) is 2. The van der Waals surface area contributed by atoms with Crippen LogP contribution >= 0.6 is 11.6 Å². The van der Waals surface area contributed by atoms with Crippen LogP contribution in [-0.4, -0.2) is 26.8 Å². The van der Waals surface area contributed by atoms with Crippen LogP contribution in [0.3, 0.4) is 0 Å². The summed E-state index contributed by atoms with van der Waals surface area (Å²) in [5.41, 5.74) is 3.33. The van der Waals surface area contributed by atoms with Gasteiger partial charge < -0.3 is 5.32 Å². The van der Waals surface area contributed by atoms with Gasteiger partial charge in [0.25, 0.3) is 0 Å². The maximum Gasteiger partial charge on any atom is 0.301 e. The summed E-state index contributed by atoms with van der Waals surface area (Å²) in [7, 11) is -0.545. The molecule has 2 N–H and O–H groups in total. The maximum absolute atomic E-state index is 11.7. The minimum atomic E-state index is -3.49. The van der Waals surface area contributed by atoms with Gasteiger partial charge in [0.05, 0.1) is 0 Å². The first-order chi connectivity index (χ1) is 10.3. The van der Waals surface area contributed by atoms with E-state index < -0.39 is 10.2 Å². The first-order valence-electron chi connectivity index (χ1n) is 6.61. The lowest BCUT2D eigenvalue weighted by Gasteiger charge is -2.14. The van der Waals surface area contributed by atoms with Crippen LogP contribution in [0, 0.1) is 6.92 Å². The average molecular weight is 340 g/mol. The maximum atomic E-state index is 11.7. The molecule has 2 aromatic carbocycles. The molecule has 0 aliphatic heterocycles. The van der Waals surface area contributed by atoms with Crippen molar-refractivity contribution >= 4 is 38.9 Å². The van der Waals surface area contributed by atoms with Crippen molar-refractivity contribution in [1.82, 2.24) is 4.31 Å². The van der Waals surface area contributed by atoms with Crippen molar-refractivity contribution in [3.8, 4) is 0 Å². The number of rotatable bonds is 5. The van der Waals surface area contributed by atoms with Crippen LogP contribution in [0.2, 0.25) is 5.02 Å². The van der Waals surface area contributed by atoms with Gasteiger partial charge in [0.2, 0.25) is 0 Å². The van der Waals surface area contributed by atoms with Crippen molar-refractivity contribution in [2.45, 2.75) is 6.92 Å². The Bertz CT molecular complexity index is 759. The van der Waals surface area contributed by atoms with Crippen molar-refractivity contribution in [1.29, 1.82) is 0 Å². The topological polar surface area (TPSA) is 61.4 Å². The van der Waals surface area contributed by atoms with Crippen LogP contribution in [0.4, 0.5) is 17.1 Å². The predicted octanol–water partition coefficient (Wildman–Crippen LogP) is 3.61. The fourth-order valence-corrected chi connectivity index (χ4v) is 2.53. The third kappa shape index (κ3) is 4.13. The molecule has 5 nitrogen and oxygen atoms in total. The lowest BCUT2D eigenvalue weighted by molar-refractivity contribution is 0.527. The second kappa shape index (κ2) is 6.56. The Kier molecular flexibility index (Phi) is 4.95. The van der Waals surface area contributed by atoms with Crippen LogP contribution < -0.4 is 10.0 Å². The molecule has 0 aliphatic carbocycles. The Labute approximate surface area is 136 Å². The third-order valence-electron chi connectivity index (χ3n) is 3.09. The second-order valence-electron chi connectivity index (χ2n) is 5.05. The molecule has 0 spiro atoms. The normalized spacial score (nSPS) is 11.5. The summed E-state index contributed by atoms with van der Waals surface area (Å²) in [6.45, 7) is 1.98. The lowest BCUT2D eigenvalue weighted by atomic mass is 10.2. The van der Waals surface area contributed by atoms with Crippen molar-refractivity contribution in [2.24, 2.45) is 0 Å². The molecule has 0 aromatic heterocycles. The van der Waals surface area contributed by atoms with Gasteiger partial charge in [-0.15, -0.1) is 0 Å². The number of aryl methyl sites for hydroxylation is 1. The molecule has 0 fully saturated rings. The molecule has 2 rings (SSSR count). The molecular weight excluding hydrogens is 322 g/mol. The Balaban J connectivity index is 2.14. The summed E-state index contributed by atoms with van der Waals surface area (Å²) in [6, 6.07) is 12.6. The quantitative estimate of drug-likeness (QED) is 0.874. The summed E-state index contributed by atoms with van der Waals surface area (Å²) in [5, 5.41) is 3.91. The minimum Gasteiger partial charge on any atom is -0.355 e. The Morgan fingerprint density at radius 1 is 1.00 bits per heavy atom. The fourth-order valence-electron chi connectivity index (χ4n) is 1.75. The predicted molar refractivity (Wildman–Crippen MR) is 92.1 cm³/mol. The van der Waals surface area contributed by atoms with Crippen LogP contribution in [0.15, 0.2) is 42.5 Å². The average Bonchev–Trinajstić information content (AvgIpc) is 2.44.